The minimum atomic E-state index is -0.337. The molecule has 3 heterocycles. The third-order valence-electron chi connectivity index (χ3n) is 12.1. The Hall–Kier alpha value is -3.57. The molecule has 6 aromatic rings. The molecule has 1 N–H and O–H groups in total. The van der Waals surface area contributed by atoms with Crippen LogP contribution in [0.4, 0.5) is 0 Å². The van der Waals surface area contributed by atoms with E-state index in [0.717, 1.165) is 70.3 Å². The molecule has 6 heteroatoms. The van der Waals surface area contributed by atoms with Gasteiger partial charge in [-0.1, -0.05) is 117 Å². The average molecular weight is 949 g/mol. The van der Waals surface area contributed by atoms with E-state index >= 15 is 0 Å². The van der Waals surface area contributed by atoms with Crippen LogP contribution in [-0.4, -0.2) is 15.9 Å². The van der Waals surface area contributed by atoms with Crippen molar-refractivity contribution >= 4 is 49.1 Å². The summed E-state index contributed by atoms with van der Waals surface area (Å²) in [5.41, 5.74) is 7.42. The molecule has 6 rings (SSSR count). The van der Waals surface area contributed by atoms with Gasteiger partial charge in [-0.15, -0.1) is 40.5 Å². The Morgan fingerprint density at radius 2 is 1.54 bits per heavy atom. The molecule has 3 aromatic carbocycles. The van der Waals surface area contributed by atoms with Crippen molar-refractivity contribution in [1.82, 2.24) is 4.98 Å². The molecule has 3 aromatic heterocycles. The summed E-state index contributed by atoms with van der Waals surface area (Å²) in [5, 5.41) is 14.9. The molecule has 0 aliphatic carbocycles. The quantitative estimate of drug-likeness (QED) is 0.0798. The van der Waals surface area contributed by atoms with E-state index in [1.165, 1.54) is 44.0 Å². The molecule has 0 unspecified atom stereocenters. The number of aryl methyl sites for hydroxylation is 2. The summed E-state index contributed by atoms with van der Waals surface area (Å²) in [6, 6.07) is 25.6. The number of rotatable bonds is 11. The van der Waals surface area contributed by atoms with Gasteiger partial charge in [0.1, 0.15) is 21.9 Å². The van der Waals surface area contributed by atoms with E-state index in [-0.39, 0.29) is 47.9 Å². The minimum Gasteiger partial charge on any atom is -0.512 e. The van der Waals surface area contributed by atoms with Crippen LogP contribution in [0, 0.1) is 36.7 Å². The van der Waals surface area contributed by atoms with Crippen molar-refractivity contribution in [3.63, 3.8) is 0 Å². The zero-order valence-electron chi connectivity index (χ0n) is 35.9. The van der Waals surface area contributed by atoms with Crippen molar-refractivity contribution < 1.29 is 34.4 Å². The minimum absolute atomic E-state index is 0. The number of pyridine rings is 1. The number of nitrogens with zero attached hydrogens (tertiary/aromatic N) is 1. The standard InChI is InChI=1S/C35H34NOS.C15H28O2.Ir/c1-20(2)14-27-17-26-16-24(12-13-32(26)37-27)29-19-31(36-34-33(29)21(3)22(4)38-34)25-15-23-10-8-9-11-28(23)30(18-25)35(5,6)7;1-7-14(5,8-2)12(16)11-13(17)15(6,9-3)10-4;/h8-13,16-20H,14H2,1-7H3;11,16H,7-10H2,1-6H3;/q-1;;/b;12-11-;. The number of fused-ring (bicyclic) bond motifs is 3. The maximum Gasteiger partial charge on any atom is 0.164 e. The average Bonchev–Trinajstić information content (AvgIpc) is 3.70. The van der Waals surface area contributed by atoms with Gasteiger partial charge in [0.2, 0.25) is 0 Å². The maximum absolute atomic E-state index is 12.2. The Labute approximate surface area is 353 Å². The van der Waals surface area contributed by atoms with E-state index in [1.54, 1.807) is 11.3 Å². The van der Waals surface area contributed by atoms with Gasteiger partial charge in [-0.05, 0) is 85.8 Å². The summed E-state index contributed by atoms with van der Waals surface area (Å²) in [6.45, 7) is 27.8. The normalized spacial score (nSPS) is 12.6. The van der Waals surface area contributed by atoms with Crippen LogP contribution in [0.15, 0.2) is 76.9 Å². The first-order valence-electron chi connectivity index (χ1n) is 20.2. The molecule has 0 saturated carbocycles. The Morgan fingerprint density at radius 1 is 0.893 bits per heavy atom. The van der Waals surface area contributed by atoms with Crippen molar-refractivity contribution in [2.75, 3.05) is 0 Å². The fourth-order valence-electron chi connectivity index (χ4n) is 7.16. The number of furan rings is 1. The number of aromatic nitrogens is 1. The molecule has 0 fully saturated rings. The number of allylic oxidation sites excluding steroid dienone is 2. The number of carbonyl (C=O) groups is 1. The smallest absolute Gasteiger partial charge is 0.164 e. The van der Waals surface area contributed by atoms with E-state index in [2.05, 4.69) is 115 Å². The SMILES string of the molecule is CCC(C)(CC)C(=O)/C=C(\O)C(C)(CC)CC.Cc1sc2nc(-c3[c-]c4ccccc4c(C(C)(C)C)c3)cc(-c3ccc4oc(CC(C)C)cc4c3)c2c1C.[Ir]. The Balaban J connectivity index is 0.000000330. The predicted octanol–water partition coefficient (Wildman–Crippen LogP) is 15.1. The second-order valence-electron chi connectivity index (χ2n) is 17.4. The van der Waals surface area contributed by atoms with Crippen LogP contribution in [0.3, 0.4) is 0 Å². The number of aliphatic hydroxyl groups is 1. The molecule has 0 saturated heterocycles. The van der Waals surface area contributed by atoms with Crippen LogP contribution in [0.25, 0.3) is 54.3 Å². The molecule has 56 heavy (non-hydrogen) atoms. The number of hydrogen-bond donors (Lipinski definition) is 1. The van der Waals surface area contributed by atoms with Crippen LogP contribution >= 0.6 is 11.3 Å². The van der Waals surface area contributed by atoms with Gasteiger partial charge in [-0.3, -0.25) is 9.78 Å². The van der Waals surface area contributed by atoms with Gasteiger partial charge in [-0.2, -0.15) is 0 Å². The topological polar surface area (TPSA) is 63.3 Å². The van der Waals surface area contributed by atoms with Crippen LogP contribution in [0.1, 0.15) is 124 Å². The number of aliphatic hydroxyl groups excluding tert-OH is 1. The second-order valence-corrected chi connectivity index (χ2v) is 18.6. The molecule has 0 amide bonds. The first-order valence-corrected chi connectivity index (χ1v) is 21.0. The van der Waals surface area contributed by atoms with E-state index in [4.69, 9.17) is 9.40 Å². The first kappa shape index (κ1) is 45.1. The molecule has 0 aliphatic rings. The summed E-state index contributed by atoms with van der Waals surface area (Å²) in [7, 11) is 0. The van der Waals surface area contributed by atoms with Crippen molar-refractivity contribution in [2.24, 2.45) is 16.7 Å². The first-order chi connectivity index (χ1) is 25.9. The molecular formula is C50H62IrNO3S-. The Bertz CT molecular complexity index is 2340. The van der Waals surface area contributed by atoms with Crippen molar-refractivity contribution in [3.8, 4) is 22.4 Å². The van der Waals surface area contributed by atoms with Crippen LogP contribution in [0.2, 0.25) is 0 Å². The van der Waals surface area contributed by atoms with Gasteiger partial charge in [0.05, 0.1) is 0 Å². The summed E-state index contributed by atoms with van der Waals surface area (Å²) in [4.78, 5) is 19.8. The van der Waals surface area contributed by atoms with Crippen LogP contribution in [0.5, 0.6) is 0 Å². The largest absolute Gasteiger partial charge is 0.512 e. The Morgan fingerprint density at radius 3 is 2.14 bits per heavy atom. The van der Waals surface area contributed by atoms with E-state index in [0.29, 0.717) is 5.92 Å². The van der Waals surface area contributed by atoms with Gasteiger partial charge < -0.3 is 9.52 Å². The van der Waals surface area contributed by atoms with E-state index < -0.39 is 0 Å². The monoisotopic (exact) mass is 949 g/mol. The number of hydrogen-bond acceptors (Lipinski definition) is 5. The van der Waals surface area contributed by atoms with Crippen molar-refractivity contribution in [1.29, 1.82) is 0 Å². The van der Waals surface area contributed by atoms with Gasteiger partial charge in [0, 0.05) is 64.8 Å². The zero-order chi connectivity index (χ0) is 40.5. The fourth-order valence-corrected chi connectivity index (χ4v) is 8.22. The Kier molecular flexibility index (Phi) is 14.4. The van der Waals surface area contributed by atoms with Gasteiger partial charge in [0.25, 0.3) is 0 Å². The van der Waals surface area contributed by atoms with Gasteiger partial charge in [0.15, 0.2) is 5.78 Å². The van der Waals surface area contributed by atoms with Gasteiger partial charge >= 0.3 is 0 Å². The molecule has 0 atom stereocenters. The number of carbonyl (C=O) groups excluding carboxylic acids is 1. The van der Waals surface area contributed by atoms with Crippen LogP contribution in [-0.2, 0) is 36.7 Å². The fraction of sp³-hybridized carbons (Fsp3) is 0.440. The predicted molar refractivity (Wildman–Crippen MR) is 236 cm³/mol. The summed E-state index contributed by atoms with van der Waals surface area (Å²) in [5.74, 6) is 1.90. The zero-order valence-corrected chi connectivity index (χ0v) is 39.1. The van der Waals surface area contributed by atoms with Crippen LogP contribution < -0.4 is 0 Å². The molecule has 1 radical (unpaired) electrons. The molecule has 0 bridgehead atoms. The third-order valence-corrected chi connectivity index (χ3v) is 13.2. The third kappa shape index (κ3) is 9.41. The number of ketones is 1. The van der Waals surface area contributed by atoms with Crippen molar-refractivity contribution in [2.45, 2.75) is 128 Å². The summed E-state index contributed by atoms with van der Waals surface area (Å²) >= 11 is 1.78. The van der Waals surface area contributed by atoms with Crippen molar-refractivity contribution in [3.05, 3.63) is 100 Å². The molecule has 4 nitrogen and oxygen atoms in total. The molecule has 0 spiro atoms. The van der Waals surface area contributed by atoms with E-state index in [9.17, 15) is 9.90 Å². The second kappa shape index (κ2) is 17.9. The maximum atomic E-state index is 12.2. The van der Waals surface area contributed by atoms with Gasteiger partial charge in [-0.25, -0.2) is 0 Å². The molecule has 0 aliphatic heterocycles. The molecular weight excluding hydrogens is 887 g/mol. The number of benzene rings is 3. The summed E-state index contributed by atoms with van der Waals surface area (Å²) in [6.07, 6.45) is 5.70. The summed E-state index contributed by atoms with van der Waals surface area (Å²) < 4.78 is 6.15. The molecule has 301 valence electrons. The van der Waals surface area contributed by atoms with E-state index in [1.807, 2.05) is 41.5 Å². The number of thiophene rings is 1.